The summed E-state index contributed by atoms with van der Waals surface area (Å²) in [6.07, 6.45) is 0.426. The van der Waals surface area contributed by atoms with E-state index in [0.717, 1.165) is 28.2 Å². The Kier molecular flexibility index (Phi) is 8.73. The van der Waals surface area contributed by atoms with Gasteiger partial charge in [-0.15, -0.1) is 0 Å². The summed E-state index contributed by atoms with van der Waals surface area (Å²) in [6.45, 7) is 3.87. The summed E-state index contributed by atoms with van der Waals surface area (Å²) in [5.74, 6) is -1.66. The number of fused-ring (bicyclic) bond motifs is 8. The topological polar surface area (TPSA) is 87.7 Å². The molecule has 2 spiro atoms. The number of nitrogens with zero attached hydrogens (tertiary/aromatic N) is 6. The molecule has 8 aliphatic heterocycles. The number of thioether (sulfide) groups is 4. The van der Waals surface area contributed by atoms with E-state index in [1.807, 2.05) is 66.5 Å². The molecule has 3 aromatic rings. The highest BCUT2D eigenvalue weighted by Crippen LogP contribution is 2.62. The van der Waals surface area contributed by atoms with E-state index in [-0.39, 0.29) is 49.8 Å². The summed E-state index contributed by atoms with van der Waals surface area (Å²) in [7, 11) is 5.35. The highest BCUT2D eigenvalue weighted by molar-refractivity contribution is 8.49. The van der Waals surface area contributed by atoms with Gasteiger partial charge in [-0.1, -0.05) is 126 Å². The van der Waals surface area contributed by atoms with Gasteiger partial charge in [-0.2, -0.15) is 0 Å². The van der Waals surface area contributed by atoms with Crippen molar-refractivity contribution in [3.8, 4) is 0 Å². The van der Waals surface area contributed by atoms with E-state index in [1.165, 1.54) is 47.0 Å². The van der Waals surface area contributed by atoms with Crippen LogP contribution >= 0.6 is 71.5 Å². The lowest BCUT2D eigenvalue weighted by Gasteiger charge is -2.57. The first-order valence-corrected chi connectivity index (χ1v) is 22.0. The number of piperazine rings is 2. The summed E-state index contributed by atoms with van der Waals surface area (Å²) in [5.41, 5.74) is 4.63. The van der Waals surface area contributed by atoms with Crippen LogP contribution in [0.25, 0.3) is 0 Å². The lowest BCUT2D eigenvalue weighted by molar-refractivity contribution is -0.165. The number of hydrogen-bond donors (Lipinski definition) is 0. The summed E-state index contributed by atoms with van der Waals surface area (Å²) < 4.78 is 1.05. The van der Waals surface area contributed by atoms with Crippen molar-refractivity contribution in [2.45, 2.75) is 58.0 Å². The molecule has 0 aromatic heterocycles. The molecule has 11 rings (SSSR count). The van der Waals surface area contributed by atoms with Crippen LogP contribution in [0.1, 0.15) is 49.7 Å². The monoisotopic (exact) mass is 846 g/mol. The zero-order chi connectivity index (χ0) is 38.8. The summed E-state index contributed by atoms with van der Waals surface area (Å²) in [4.78, 5) is 65.7. The minimum absolute atomic E-state index is 0.122. The van der Waals surface area contributed by atoms with Crippen molar-refractivity contribution < 1.29 is 19.2 Å². The third-order valence-corrected chi connectivity index (χ3v) is 18.5. The van der Waals surface area contributed by atoms with Crippen LogP contribution in [0, 0.1) is 0 Å². The van der Waals surface area contributed by atoms with Crippen molar-refractivity contribution in [1.82, 2.24) is 19.6 Å². The van der Waals surface area contributed by atoms with Gasteiger partial charge in [-0.3, -0.25) is 29.0 Å². The van der Waals surface area contributed by atoms with Crippen molar-refractivity contribution in [1.29, 1.82) is 0 Å². The molecule has 6 fully saturated rings. The van der Waals surface area contributed by atoms with Gasteiger partial charge in [-0.05, 0) is 73.9 Å². The van der Waals surface area contributed by atoms with Crippen LogP contribution in [0.2, 0.25) is 0 Å². The van der Waals surface area contributed by atoms with E-state index in [9.17, 15) is 4.79 Å². The second-order valence-electron chi connectivity index (χ2n) is 15.1. The average Bonchev–Trinajstić information content (AvgIpc) is 3.38. The standard InChI is InChI=1S/C39H38N6O4S6/c1-36-30(46)44-21-40(3)28-17-11-9-15-24(28)26(19-38(44,32(48)41(36)4)54-34(50)52-36)27-20-39-33(49)42(5)37(2,53-35(51)55-39)31(47)45(39)22-43(23-13-7-6-8-14-23)29-18-12-10-16-25(27)29/h6-18,26-27H,19-22H2,1-5H3/t26?,27?,36-,37-,38?,39?/m1/s1. The molecule has 4 bridgehead atoms. The minimum Gasteiger partial charge on any atom is -0.357 e. The Labute approximate surface area is 348 Å². The molecule has 8 aliphatic rings. The maximum Gasteiger partial charge on any atom is 0.262 e. The fourth-order valence-electron chi connectivity index (χ4n) is 9.22. The molecule has 6 atom stereocenters. The molecule has 10 nitrogen and oxygen atoms in total. The van der Waals surface area contributed by atoms with Gasteiger partial charge >= 0.3 is 0 Å². The van der Waals surface area contributed by atoms with Crippen LogP contribution in [0.15, 0.2) is 78.9 Å². The lowest BCUT2D eigenvalue weighted by Crippen LogP contribution is -2.74. The van der Waals surface area contributed by atoms with E-state index >= 15 is 14.4 Å². The Morgan fingerprint density at radius 3 is 1.53 bits per heavy atom. The molecule has 284 valence electrons. The highest BCUT2D eigenvalue weighted by atomic mass is 32.2. The van der Waals surface area contributed by atoms with Crippen molar-refractivity contribution in [2.24, 2.45) is 0 Å². The Morgan fingerprint density at radius 1 is 0.564 bits per heavy atom. The van der Waals surface area contributed by atoms with Gasteiger partial charge < -0.3 is 19.6 Å². The van der Waals surface area contributed by atoms with Crippen LogP contribution in [-0.4, -0.2) is 104 Å². The number of thiocarbonyl (C=S) groups is 2. The number of anilines is 3. The third kappa shape index (κ3) is 5.16. The lowest BCUT2D eigenvalue weighted by atomic mass is 9.71. The number of likely N-dealkylation sites (N-methyl/N-ethyl adjacent to an activating group) is 2. The normalized spacial score (nSPS) is 33.3. The highest BCUT2D eigenvalue weighted by Gasteiger charge is 2.69. The van der Waals surface area contributed by atoms with Gasteiger partial charge in [0.05, 0.1) is 13.3 Å². The minimum atomic E-state index is -1.42. The van der Waals surface area contributed by atoms with Gasteiger partial charge in [0.25, 0.3) is 23.6 Å². The summed E-state index contributed by atoms with van der Waals surface area (Å²) in [6, 6.07) is 26.3. The fraction of sp³-hybridized carbons (Fsp3) is 0.385. The van der Waals surface area contributed by atoms with Gasteiger partial charge in [0, 0.05) is 38.2 Å². The predicted octanol–water partition coefficient (Wildman–Crippen LogP) is 6.81. The molecule has 0 N–H and O–H groups in total. The Morgan fingerprint density at radius 2 is 1.00 bits per heavy atom. The second-order valence-corrected chi connectivity index (χ2v) is 22.9. The largest absolute Gasteiger partial charge is 0.357 e. The predicted molar refractivity (Wildman–Crippen MR) is 231 cm³/mol. The number of amides is 4. The van der Waals surface area contributed by atoms with Crippen molar-refractivity contribution in [3.63, 3.8) is 0 Å². The zero-order valence-corrected chi connectivity index (χ0v) is 35.7. The molecule has 3 aromatic carbocycles. The van der Waals surface area contributed by atoms with Crippen molar-refractivity contribution >= 4 is 119 Å². The Balaban J connectivity index is 1.34. The fourth-order valence-corrected chi connectivity index (χ4v) is 16.7. The van der Waals surface area contributed by atoms with E-state index in [1.54, 1.807) is 47.5 Å². The first-order chi connectivity index (χ1) is 26.2. The maximum absolute atomic E-state index is 15.2. The molecule has 0 aliphatic carbocycles. The van der Waals surface area contributed by atoms with Crippen molar-refractivity contribution in [2.75, 3.05) is 44.3 Å². The van der Waals surface area contributed by atoms with Crippen LogP contribution in [-0.2, 0) is 19.2 Å². The van der Waals surface area contributed by atoms with Crippen LogP contribution in [0.3, 0.4) is 0 Å². The van der Waals surface area contributed by atoms with Crippen molar-refractivity contribution in [3.05, 3.63) is 90.0 Å². The smallest absolute Gasteiger partial charge is 0.262 e. The van der Waals surface area contributed by atoms with Crippen LogP contribution < -0.4 is 9.80 Å². The molecule has 4 unspecified atom stereocenters. The summed E-state index contributed by atoms with van der Waals surface area (Å²) in [5, 5.41) is 0. The van der Waals surface area contributed by atoms with E-state index < -0.39 is 31.3 Å². The number of para-hydroxylation sites is 3. The number of hydrogen-bond acceptors (Lipinski definition) is 12. The molecule has 8 heterocycles. The van der Waals surface area contributed by atoms with Gasteiger partial charge in [-0.25, -0.2) is 0 Å². The Hall–Kier alpha value is -3.28. The van der Waals surface area contributed by atoms with Gasteiger partial charge in [0.1, 0.15) is 7.06 Å². The first kappa shape index (κ1) is 37.3. The van der Waals surface area contributed by atoms with Gasteiger partial charge in [0.2, 0.25) is 0 Å². The van der Waals surface area contributed by atoms with E-state index in [0.29, 0.717) is 7.06 Å². The molecule has 16 heteroatoms. The van der Waals surface area contributed by atoms with Crippen LogP contribution in [0.5, 0.6) is 0 Å². The molecule has 6 saturated heterocycles. The van der Waals surface area contributed by atoms with Crippen LogP contribution in [0.4, 0.5) is 17.1 Å². The molecule has 0 radical (unpaired) electrons. The quantitative estimate of drug-likeness (QED) is 0.254. The third-order valence-electron chi connectivity index (χ3n) is 12.3. The zero-order valence-electron chi connectivity index (χ0n) is 30.8. The SMILES string of the molecule is CN1CN2C(=O)[C@@]3(C)SC(=S)SC2(CC(C2CC45SC(=S)S[C@](C)(C(=O)N4CN(c4ccccc4)c4ccccc42)N(C)C5=O)c2ccccc21)C(=O)N3C. The average molecular weight is 847 g/mol. The molecular formula is C39H38N6O4S6. The molecule has 0 saturated carbocycles. The second kappa shape index (κ2) is 12.9. The number of carbonyl (C=O) groups is 4. The molecule has 4 amide bonds. The van der Waals surface area contributed by atoms with Gasteiger partial charge in [0.15, 0.2) is 19.5 Å². The summed E-state index contributed by atoms with van der Waals surface area (Å²) >= 11 is 17.1. The maximum atomic E-state index is 15.2. The number of benzene rings is 3. The molecular weight excluding hydrogens is 809 g/mol. The number of carbonyl (C=O) groups excluding carboxylic acids is 4. The van der Waals surface area contributed by atoms with E-state index in [2.05, 4.69) is 29.2 Å². The number of rotatable bonds is 2. The van der Waals surface area contributed by atoms with E-state index in [4.69, 9.17) is 24.4 Å². The Bertz CT molecular complexity index is 2230. The molecule has 55 heavy (non-hydrogen) atoms. The first-order valence-electron chi connectivity index (χ1n) is 17.9.